The topological polar surface area (TPSA) is 64.4 Å². The van der Waals surface area contributed by atoms with E-state index in [-0.39, 0.29) is 5.97 Å². The van der Waals surface area contributed by atoms with E-state index in [1.54, 1.807) is 0 Å². The van der Waals surface area contributed by atoms with Crippen LogP contribution in [0.25, 0.3) is 0 Å². The fourth-order valence-electron chi connectivity index (χ4n) is 2.70. The molecular formula is C16H24N2O2. The lowest BCUT2D eigenvalue weighted by molar-refractivity contribution is -0.164. The Morgan fingerprint density at radius 1 is 1.20 bits per heavy atom. The molecule has 1 aromatic carbocycles. The molecule has 0 aromatic heterocycles. The molecule has 1 aromatic rings. The molecule has 0 aliphatic carbocycles. The largest absolute Gasteiger partial charge is 0.454 e. The summed E-state index contributed by atoms with van der Waals surface area (Å²) in [6.45, 7) is 2.39. The highest BCUT2D eigenvalue weighted by molar-refractivity contribution is 5.70. The summed E-state index contributed by atoms with van der Waals surface area (Å²) < 4.78 is 5.89. The summed E-state index contributed by atoms with van der Waals surface area (Å²) in [6.07, 6.45) is 3.80. The van der Waals surface area contributed by atoms with Crippen molar-refractivity contribution >= 4 is 5.97 Å². The van der Waals surface area contributed by atoms with Gasteiger partial charge in [-0.1, -0.05) is 30.3 Å². The summed E-state index contributed by atoms with van der Waals surface area (Å²) in [7, 11) is 0. The van der Waals surface area contributed by atoms with E-state index in [1.807, 2.05) is 18.2 Å². The molecule has 4 nitrogen and oxygen atoms in total. The SMILES string of the molecule is NCCCCC(=O)OC1(c2ccccc2)CCNCC1. The summed E-state index contributed by atoms with van der Waals surface area (Å²) in [4.78, 5) is 12.1. The number of rotatable bonds is 6. The Hall–Kier alpha value is -1.39. The number of hydrogen-bond donors (Lipinski definition) is 2. The molecule has 0 radical (unpaired) electrons. The number of carbonyl (C=O) groups excluding carboxylic acids is 1. The fourth-order valence-corrected chi connectivity index (χ4v) is 2.70. The highest BCUT2D eigenvalue weighted by Crippen LogP contribution is 2.35. The van der Waals surface area contributed by atoms with Crippen molar-refractivity contribution in [1.82, 2.24) is 5.32 Å². The predicted molar refractivity (Wildman–Crippen MR) is 79.2 cm³/mol. The van der Waals surface area contributed by atoms with Gasteiger partial charge in [0.15, 0.2) is 0 Å². The molecule has 0 atom stereocenters. The Balaban J connectivity index is 2.06. The van der Waals surface area contributed by atoms with Crippen LogP contribution in [0.15, 0.2) is 30.3 Å². The Bertz CT molecular complexity index is 414. The first-order valence-electron chi connectivity index (χ1n) is 7.45. The average Bonchev–Trinajstić information content (AvgIpc) is 2.49. The van der Waals surface area contributed by atoms with Crippen molar-refractivity contribution in [1.29, 1.82) is 0 Å². The van der Waals surface area contributed by atoms with E-state index < -0.39 is 5.60 Å². The van der Waals surface area contributed by atoms with Gasteiger partial charge in [0.2, 0.25) is 0 Å². The minimum atomic E-state index is -0.452. The van der Waals surface area contributed by atoms with Crippen molar-refractivity contribution in [2.75, 3.05) is 19.6 Å². The Morgan fingerprint density at radius 3 is 2.55 bits per heavy atom. The molecule has 0 unspecified atom stereocenters. The van der Waals surface area contributed by atoms with Crippen LogP contribution in [0.3, 0.4) is 0 Å². The van der Waals surface area contributed by atoms with Gasteiger partial charge in [-0.15, -0.1) is 0 Å². The molecule has 0 spiro atoms. The van der Waals surface area contributed by atoms with E-state index in [4.69, 9.17) is 10.5 Å². The lowest BCUT2D eigenvalue weighted by Crippen LogP contribution is -2.43. The van der Waals surface area contributed by atoms with E-state index in [0.717, 1.165) is 44.3 Å². The molecule has 0 bridgehead atoms. The zero-order chi connectivity index (χ0) is 14.3. The summed E-state index contributed by atoms with van der Waals surface area (Å²) in [5.74, 6) is -0.107. The molecule has 1 heterocycles. The predicted octanol–water partition coefficient (Wildman–Crippen LogP) is 1.94. The maximum Gasteiger partial charge on any atom is 0.306 e. The van der Waals surface area contributed by atoms with Crippen LogP contribution in [0.4, 0.5) is 0 Å². The third-order valence-electron chi connectivity index (χ3n) is 3.86. The van der Waals surface area contributed by atoms with Gasteiger partial charge in [0, 0.05) is 19.3 Å². The Kier molecular flexibility index (Phi) is 5.56. The standard InChI is InChI=1S/C16H24N2O2/c17-11-5-4-8-15(19)20-16(9-12-18-13-10-16)14-6-2-1-3-7-14/h1-3,6-7,18H,4-5,8-13,17H2. The lowest BCUT2D eigenvalue weighted by atomic mass is 9.84. The van der Waals surface area contributed by atoms with Crippen molar-refractivity contribution in [2.24, 2.45) is 5.73 Å². The molecule has 110 valence electrons. The van der Waals surface area contributed by atoms with Gasteiger partial charge in [-0.05, 0) is 38.0 Å². The van der Waals surface area contributed by atoms with Gasteiger partial charge >= 0.3 is 5.97 Å². The van der Waals surface area contributed by atoms with Gasteiger partial charge in [-0.3, -0.25) is 4.79 Å². The molecular weight excluding hydrogens is 252 g/mol. The lowest BCUT2D eigenvalue weighted by Gasteiger charge is -2.37. The highest BCUT2D eigenvalue weighted by Gasteiger charge is 2.37. The van der Waals surface area contributed by atoms with Gasteiger partial charge in [-0.2, -0.15) is 0 Å². The summed E-state index contributed by atoms with van der Waals surface area (Å²) in [5.41, 5.74) is 6.11. The van der Waals surface area contributed by atoms with E-state index in [2.05, 4.69) is 17.4 Å². The molecule has 1 saturated heterocycles. The Labute approximate surface area is 120 Å². The number of nitrogens with two attached hydrogens (primary N) is 1. The second-order valence-corrected chi connectivity index (χ2v) is 5.33. The van der Waals surface area contributed by atoms with Gasteiger partial charge in [-0.25, -0.2) is 0 Å². The Morgan fingerprint density at radius 2 is 1.90 bits per heavy atom. The minimum Gasteiger partial charge on any atom is -0.454 e. The number of ether oxygens (including phenoxy) is 1. The van der Waals surface area contributed by atoms with Crippen LogP contribution >= 0.6 is 0 Å². The quantitative estimate of drug-likeness (QED) is 0.615. The first kappa shape index (κ1) is 15.0. The summed E-state index contributed by atoms with van der Waals surface area (Å²) in [6, 6.07) is 10.1. The second kappa shape index (κ2) is 7.41. The van der Waals surface area contributed by atoms with Gasteiger partial charge in [0.1, 0.15) is 5.60 Å². The van der Waals surface area contributed by atoms with Crippen LogP contribution < -0.4 is 11.1 Å². The fraction of sp³-hybridized carbons (Fsp3) is 0.562. The molecule has 4 heteroatoms. The molecule has 2 rings (SSSR count). The molecule has 0 amide bonds. The van der Waals surface area contributed by atoms with Gasteiger partial charge < -0.3 is 15.8 Å². The number of benzene rings is 1. The molecule has 20 heavy (non-hydrogen) atoms. The molecule has 1 fully saturated rings. The van der Waals surface area contributed by atoms with Crippen LogP contribution in [-0.2, 0) is 15.1 Å². The molecule has 3 N–H and O–H groups in total. The number of nitrogens with one attached hydrogen (secondary N) is 1. The van der Waals surface area contributed by atoms with Crippen molar-refractivity contribution in [3.8, 4) is 0 Å². The zero-order valence-electron chi connectivity index (χ0n) is 11.9. The zero-order valence-corrected chi connectivity index (χ0v) is 11.9. The van der Waals surface area contributed by atoms with Crippen LogP contribution in [0, 0.1) is 0 Å². The second-order valence-electron chi connectivity index (χ2n) is 5.33. The smallest absolute Gasteiger partial charge is 0.306 e. The molecule has 1 aliphatic heterocycles. The number of esters is 1. The van der Waals surface area contributed by atoms with Gasteiger partial charge in [0.25, 0.3) is 0 Å². The van der Waals surface area contributed by atoms with E-state index in [9.17, 15) is 4.79 Å². The molecule has 0 saturated carbocycles. The van der Waals surface area contributed by atoms with Crippen molar-refractivity contribution in [3.63, 3.8) is 0 Å². The summed E-state index contributed by atoms with van der Waals surface area (Å²) >= 11 is 0. The minimum absolute atomic E-state index is 0.107. The van der Waals surface area contributed by atoms with Crippen LogP contribution in [0.5, 0.6) is 0 Å². The van der Waals surface area contributed by atoms with Crippen LogP contribution in [0.2, 0.25) is 0 Å². The number of carbonyl (C=O) groups is 1. The van der Waals surface area contributed by atoms with E-state index in [0.29, 0.717) is 13.0 Å². The maximum absolute atomic E-state index is 12.1. The first-order chi connectivity index (χ1) is 9.77. The normalized spacial score (nSPS) is 17.6. The third-order valence-corrected chi connectivity index (χ3v) is 3.86. The van der Waals surface area contributed by atoms with Crippen LogP contribution in [0.1, 0.15) is 37.7 Å². The van der Waals surface area contributed by atoms with E-state index in [1.165, 1.54) is 0 Å². The van der Waals surface area contributed by atoms with E-state index >= 15 is 0 Å². The third kappa shape index (κ3) is 3.81. The van der Waals surface area contributed by atoms with Crippen molar-refractivity contribution in [2.45, 2.75) is 37.7 Å². The first-order valence-corrected chi connectivity index (χ1v) is 7.45. The highest BCUT2D eigenvalue weighted by atomic mass is 16.6. The van der Waals surface area contributed by atoms with Crippen molar-refractivity contribution < 1.29 is 9.53 Å². The maximum atomic E-state index is 12.1. The monoisotopic (exact) mass is 276 g/mol. The van der Waals surface area contributed by atoms with Crippen LogP contribution in [-0.4, -0.2) is 25.6 Å². The number of hydrogen-bond acceptors (Lipinski definition) is 4. The number of piperidine rings is 1. The average molecular weight is 276 g/mol. The molecule has 1 aliphatic rings. The number of unbranched alkanes of at least 4 members (excludes halogenated alkanes) is 1. The van der Waals surface area contributed by atoms with Crippen molar-refractivity contribution in [3.05, 3.63) is 35.9 Å². The van der Waals surface area contributed by atoms with Gasteiger partial charge in [0.05, 0.1) is 0 Å². The summed E-state index contributed by atoms with van der Waals surface area (Å²) in [5, 5.41) is 3.33.